The van der Waals surface area contributed by atoms with Gasteiger partial charge in [0.05, 0.1) is 22.2 Å². The second-order valence-electron chi connectivity index (χ2n) is 11.5. The van der Waals surface area contributed by atoms with Crippen LogP contribution in [0.15, 0.2) is 36.7 Å². The average molecular weight is 524 g/mol. The Morgan fingerprint density at radius 3 is 2.16 bits per heavy atom. The van der Waals surface area contributed by atoms with Gasteiger partial charge in [-0.3, -0.25) is 4.79 Å². The van der Waals surface area contributed by atoms with E-state index in [2.05, 4.69) is 39.1 Å². The number of hydrogen-bond donors (Lipinski definition) is 0. The van der Waals surface area contributed by atoms with Gasteiger partial charge in [0.25, 0.3) is 5.91 Å². The SMILES string of the molecule is Cc1ncnc(C)c1C(=O)N1CC2CN(CCC(c3ccccc3)C3CN(S(=O)(=O)C4CC4)C3)CC2C1. The number of carbonyl (C=O) groups is 1. The molecule has 8 nitrogen and oxygen atoms in total. The highest BCUT2D eigenvalue weighted by molar-refractivity contribution is 7.90. The van der Waals surface area contributed by atoms with Crippen LogP contribution in [0.25, 0.3) is 0 Å². The van der Waals surface area contributed by atoms with Crippen LogP contribution in [0.3, 0.4) is 0 Å². The van der Waals surface area contributed by atoms with Crippen molar-refractivity contribution in [2.75, 3.05) is 45.8 Å². The molecule has 4 aliphatic rings. The maximum absolute atomic E-state index is 13.2. The highest BCUT2D eigenvalue weighted by atomic mass is 32.2. The predicted octanol–water partition coefficient (Wildman–Crippen LogP) is 2.70. The molecule has 198 valence electrons. The summed E-state index contributed by atoms with van der Waals surface area (Å²) >= 11 is 0. The van der Waals surface area contributed by atoms with Gasteiger partial charge in [0.15, 0.2) is 0 Å². The van der Waals surface area contributed by atoms with Gasteiger partial charge in [0, 0.05) is 39.3 Å². The van der Waals surface area contributed by atoms with Gasteiger partial charge in [0.2, 0.25) is 10.0 Å². The Kier molecular flexibility index (Phi) is 6.57. The molecule has 1 amide bonds. The van der Waals surface area contributed by atoms with Crippen molar-refractivity contribution in [2.24, 2.45) is 17.8 Å². The first-order valence-corrected chi connectivity index (χ1v) is 15.2. The Morgan fingerprint density at radius 2 is 1.57 bits per heavy atom. The van der Waals surface area contributed by atoms with Crippen LogP contribution in [0, 0.1) is 31.6 Å². The minimum Gasteiger partial charge on any atom is -0.338 e. The van der Waals surface area contributed by atoms with Gasteiger partial charge in [-0.15, -0.1) is 0 Å². The summed E-state index contributed by atoms with van der Waals surface area (Å²) in [6.07, 6.45) is 4.20. The number of rotatable bonds is 8. The summed E-state index contributed by atoms with van der Waals surface area (Å²) in [5.41, 5.74) is 3.48. The van der Waals surface area contributed by atoms with Crippen molar-refractivity contribution in [2.45, 2.75) is 44.3 Å². The molecule has 1 aromatic heterocycles. The number of sulfonamides is 1. The number of likely N-dealkylation sites (tertiary alicyclic amines) is 2. The molecule has 0 N–H and O–H groups in total. The molecule has 0 bridgehead atoms. The minimum absolute atomic E-state index is 0.0661. The number of carbonyl (C=O) groups excluding carboxylic acids is 1. The summed E-state index contributed by atoms with van der Waals surface area (Å²) in [6, 6.07) is 10.6. The molecule has 3 atom stereocenters. The molecule has 9 heteroatoms. The normalized spacial score (nSPS) is 25.7. The van der Waals surface area contributed by atoms with Crippen molar-refractivity contribution >= 4 is 15.9 Å². The lowest BCUT2D eigenvalue weighted by Crippen LogP contribution is -2.53. The first-order chi connectivity index (χ1) is 17.8. The van der Waals surface area contributed by atoms with E-state index in [4.69, 9.17) is 0 Å². The van der Waals surface area contributed by atoms with Gasteiger partial charge in [-0.2, -0.15) is 0 Å². The van der Waals surface area contributed by atoms with E-state index in [0.717, 1.165) is 63.4 Å². The third-order valence-electron chi connectivity index (χ3n) is 9.02. The standard InChI is InChI=1S/C28H37N5O3S/c1-19-27(20(2)30-18-29-19)28(34)32-14-22-12-31(13-23(22)15-32)11-10-26(21-6-4-3-5-7-21)24-16-33(17-24)37(35,36)25-8-9-25/h3-7,18,22-26H,8-17H2,1-2H3. The molecule has 1 saturated carbocycles. The molecule has 4 heterocycles. The number of benzene rings is 1. The van der Waals surface area contributed by atoms with Crippen molar-refractivity contribution in [3.8, 4) is 0 Å². The number of aromatic nitrogens is 2. The lowest BCUT2D eigenvalue weighted by atomic mass is 9.80. The van der Waals surface area contributed by atoms with E-state index < -0.39 is 10.0 Å². The van der Waals surface area contributed by atoms with Crippen LogP contribution in [0.5, 0.6) is 0 Å². The monoisotopic (exact) mass is 523 g/mol. The number of aryl methyl sites for hydroxylation is 2. The second-order valence-corrected chi connectivity index (χ2v) is 13.7. The van der Waals surface area contributed by atoms with E-state index >= 15 is 0 Å². The fourth-order valence-corrected chi connectivity index (χ4v) is 8.66. The molecule has 0 spiro atoms. The maximum atomic E-state index is 13.2. The van der Waals surface area contributed by atoms with Gasteiger partial charge in [-0.25, -0.2) is 22.7 Å². The average Bonchev–Trinajstić information content (AvgIpc) is 3.54. The summed E-state index contributed by atoms with van der Waals surface area (Å²) in [7, 11) is -3.07. The van der Waals surface area contributed by atoms with Crippen molar-refractivity contribution in [1.29, 1.82) is 0 Å². The van der Waals surface area contributed by atoms with Crippen LogP contribution in [-0.4, -0.2) is 89.5 Å². The van der Waals surface area contributed by atoms with Crippen molar-refractivity contribution in [1.82, 2.24) is 24.1 Å². The highest BCUT2D eigenvalue weighted by Crippen LogP contribution is 2.41. The van der Waals surface area contributed by atoms with Crippen molar-refractivity contribution in [3.63, 3.8) is 0 Å². The number of nitrogens with zero attached hydrogens (tertiary/aromatic N) is 5. The largest absolute Gasteiger partial charge is 0.338 e. The molecular formula is C28H37N5O3S. The molecule has 2 aromatic rings. The molecule has 3 unspecified atom stereocenters. The summed E-state index contributed by atoms with van der Waals surface area (Å²) in [4.78, 5) is 26.2. The van der Waals surface area contributed by atoms with Gasteiger partial charge < -0.3 is 9.80 Å². The van der Waals surface area contributed by atoms with Crippen LogP contribution < -0.4 is 0 Å². The highest BCUT2D eigenvalue weighted by Gasteiger charge is 2.47. The van der Waals surface area contributed by atoms with Crippen molar-refractivity contribution in [3.05, 3.63) is 59.2 Å². The van der Waals surface area contributed by atoms with Gasteiger partial charge in [0.1, 0.15) is 6.33 Å². The van der Waals surface area contributed by atoms with Gasteiger partial charge >= 0.3 is 0 Å². The fraction of sp³-hybridized carbons (Fsp3) is 0.607. The molecule has 37 heavy (non-hydrogen) atoms. The van der Waals surface area contributed by atoms with Crippen LogP contribution in [0.2, 0.25) is 0 Å². The molecule has 4 fully saturated rings. The van der Waals surface area contributed by atoms with E-state index in [9.17, 15) is 13.2 Å². The summed E-state index contributed by atoms with van der Waals surface area (Å²) in [5, 5.41) is -0.124. The smallest absolute Gasteiger partial charge is 0.257 e. The Labute approximate surface area is 220 Å². The van der Waals surface area contributed by atoms with E-state index in [-0.39, 0.29) is 11.2 Å². The molecule has 3 saturated heterocycles. The molecule has 3 aliphatic heterocycles. The Bertz CT molecular complexity index is 1230. The maximum Gasteiger partial charge on any atom is 0.257 e. The zero-order valence-electron chi connectivity index (χ0n) is 21.8. The molecule has 6 rings (SSSR count). The van der Waals surface area contributed by atoms with E-state index in [1.54, 1.807) is 4.31 Å². The second kappa shape index (κ2) is 9.75. The van der Waals surface area contributed by atoms with E-state index in [1.165, 1.54) is 11.9 Å². The van der Waals surface area contributed by atoms with Crippen LogP contribution in [-0.2, 0) is 10.0 Å². The van der Waals surface area contributed by atoms with Crippen LogP contribution >= 0.6 is 0 Å². The number of fused-ring (bicyclic) bond motifs is 1. The number of hydrogen-bond acceptors (Lipinski definition) is 6. The topological polar surface area (TPSA) is 86.7 Å². The third-order valence-corrected chi connectivity index (χ3v) is 11.4. The first-order valence-electron chi connectivity index (χ1n) is 13.6. The van der Waals surface area contributed by atoms with E-state index in [0.29, 0.717) is 42.3 Å². The lowest BCUT2D eigenvalue weighted by Gasteiger charge is -2.43. The Balaban J connectivity index is 1.05. The molecular weight excluding hydrogens is 486 g/mol. The third kappa shape index (κ3) is 4.81. The first kappa shape index (κ1) is 24.9. The molecule has 1 aromatic carbocycles. The summed E-state index contributed by atoms with van der Waals surface area (Å²) < 4.78 is 27.0. The fourth-order valence-electron chi connectivity index (χ4n) is 6.70. The predicted molar refractivity (Wildman–Crippen MR) is 142 cm³/mol. The Morgan fingerprint density at radius 1 is 0.946 bits per heavy atom. The van der Waals surface area contributed by atoms with E-state index in [1.807, 2.05) is 24.8 Å². The summed E-state index contributed by atoms with van der Waals surface area (Å²) in [5.74, 6) is 1.83. The quantitative estimate of drug-likeness (QED) is 0.529. The molecule has 0 radical (unpaired) electrons. The van der Waals surface area contributed by atoms with Crippen LogP contribution in [0.1, 0.15) is 52.5 Å². The number of amides is 1. The lowest BCUT2D eigenvalue weighted by molar-refractivity contribution is 0.0770. The summed E-state index contributed by atoms with van der Waals surface area (Å²) in [6.45, 7) is 9.72. The van der Waals surface area contributed by atoms with Crippen LogP contribution in [0.4, 0.5) is 0 Å². The van der Waals surface area contributed by atoms with Gasteiger partial charge in [-0.05, 0) is 68.9 Å². The zero-order valence-corrected chi connectivity index (χ0v) is 22.6. The van der Waals surface area contributed by atoms with Crippen molar-refractivity contribution < 1.29 is 13.2 Å². The Hall–Kier alpha value is -2.36. The minimum atomic E-state index is -3.07. The zero-order chi connectivity index (χ0) is 25.7. The molecule has 1 aliphatic carbocycles. The van der Waals surface area contributed by atoms with Gasteiger partial charge in [-0.1, -0.05) is 30.3 Å².